The Bertz CT molecular complexity index is 546. The first-order valence-corrected chi connectivity index (χ1v) is 8.67. The third-order valence-corrected chi connectivity index (χ3v) is 4.65. The first kappa shape index (κ1) is 18.0. The van der Waals surface area contributed by atoms with E-state index in [0.29, 0.717) is 13.1 Å². The Balaban J connectivity index is 1.88. The highest BCUT2D eigenvalue weighted by Gasteiger charge is 2.27. The summed E-state index contributed by atoms with van der Waals surface area (Å²) < 4.78 is 40.6. The van der Waals surface area contributed by atoms with Gasteiger partial charge in [0.05, 0.1) is 26.1 Å². The number of amides is 1. The molecule has 0 radical (unpaired) electrons. The minimum Gasteiger partial charge on any atom is -0.372 e. The average molecular weight is 363 g/mol. The van der Waals surface area contributed by atoms with Crippen molar-refractivity contribution in [2.24, 2.45) is 0 Å². The molecule has 0 aliphatic rings. The predicted octanol–water partition coefficient (Wildman–Crippen LogP) is 4.31. The molecule has 2 aromatic heterocycles. The van der Waals surface area contributed by atoms with Gasteiger partial charge in [-0.05, 0) is 22.9 Å². The number of ether oxygens (including phenoxy) is 1. The highest BCUT2D eigenvalue weighted by molar-refractivity contribution is 7.10. The quantitative estimate of drug-likeness (QED) is 0.654. The number of carbonyl (C=O) groups excluding carboxylic acids is 1. The molecule has 2 heterocycles. The van der Waals surface area contributed by atoms with Gasteiger partial charge in [0.1, 0.15) is 6.61 Å². The van der Waals surface area contributed by atoms with Gasteiger partial charge in [-0.2, -0.15) is 13.2 Å². The van der Waals surface area contributed by atoms with Crippen LogP contribution in [0.4, 0.5) is 13.2 Å². The van der Waals surface area contributed by atoms with E-state index in [-0.39, 0.29) is 18.9 Å². The molecule has 0 saturated heterocycles. The van der Waals surface area contributed by atoms with Gasteiger partial charge in [0.25, 0.3) is 0 Å². The van der Waals surface area contributed by atoms with Crippen LogP contribution >= 0.6 is 22.7 Å². The Kier molecular flexibility index (Phi) is 6.61. The van der Waals surface area contributed by atoms with Gasteiger partial charge < -0.3 is 9.64 Å². The Hall–Kier alpha value is -1.38. The van der Waals surface area contributed by atoms with Crippen molar-refractivity contribution in [1.82, 2.24) is 4.90 Å². The summed E-state index contributed by atoms with van der Waals surface area (Å²) in [6, 6.07) is 7.67. The number of rotatable bonds is 8. The second-order valence-corrected chi connectivity index (χ2v) is 6.89. The summed E-state index contributed by atoms with van der Waals surface area (Å²) in [5, 5.41) is 3.85. The zero-order valence-electron chi connectivity index (χ0n) is 12.2. The minimum atomic E-state index is -4.36. The molecule has 0 spiro atoms. The Morgan fingerprint density at radius 1 is 1.09 bits per heavy atom. The predicted molar refractivity (Wildman–Crippen MR) is 84.4 cm³/mol. The molecule has 3 nitrogen and oxygen atoms in total. The van der Waals surface area contributed by atoms with Crippen molar-refractivity contribution >= 4 is 28.6 Å². The van der Waals surface area contributed by atoms with Crippen molar-refractivity contribution in [3.8, 4) is 0 Å². The molecule has 2 rings (SSSR count). The van der Waals surface area contributed by atoms with E-state index in [9.17, 15) is 18.0 Å². The van der Waals surface area contributed by atoms with E-state index in [4.69, 9.17) is 0 Å². The van der Waals surface area contributed by atoms with Crippen LogP contribution in [0.15, 0.2) is 35.0 Å². The van der Waals surface area contributed by atoms with Gasteiger partial charge in [-0.15, -0.1) is 22.7 Å². The molecule has 0 unspecified atom stereocenters. The molecule has 0 fully saturated rings. The van der Waals surface area contributed by atoms with E-state index in [1.165, 1.54) is 0 Å². The van der Waals surface area contributed by atoms with E-state index in [1.807, 2.05) is 35.0 Å². The fourth-order valence-electron chi connectivity index (χ4n) is 1.92. The van der Waals surface area contributed by atoms with Gasteiger partial charge in [0.15, 0.2) is 0 Å². The Morgan fingerprint density at radius 3 is 2.09 bits per heavy atom. The number of alkyl halides is 3. The molecule has 8 heteroatoms. The molecule has 0 aliphatic heterocycles. The van der Waals surface area contributed by atoms with Gasteiger partial charge in [0.2, 0.25) is 5.91 Å². The molecule has 23 heavy (non-hydrogen) atoms. The Labute approximate surface area is 140 Å². The van der Waals surface area contributed by atoms with E-state index >= 15 is 0 Å². The average Bonchev–Trinajstić information content (AvgIpc) is 3.15. The van der Waals surface area contributed by atoms with E-state index in [0.717, 1.165) is 9.75 Å². The summed E-state index contributed by atoms with van der Waals surface area (Å²) >= 11 is 3.08. The molecule has 0 aliphatic carbocycles. The highest BCUT2D eigenvalue weighted by atomic mass is 32.1. The van der Waals surface area contributed by atoms with Crippen molar-refractivity contribution in [2.45, 2.75) is 25.7 Å². The molecule has 0 atom stereocenters. The SMILES string of the molecule is O=C(CCOCC(F)(F)F)N(Cc1cccs1)Cc1cccs1. The third-order valence-electron chi connectivity index (χ3n) is 2.93. The van der Waals surface area contributed by atoms with Crippen LogP contribution in [-0.4, -0.2) is 30.2 Å². The van der Waals surface area contributed by atoms with Crippen molar-refractivity contribution in [3.05, 3.63) is 44.8 Å². The fraction of sp³-hybridized carbons (Fsp3) is 0.400. The van der Waals surface area contributed by atoms with Gasteiger partial charge in [-0.25, -0.2) is 0 Å². The summed E-state index contributed by atoms with van der Waals surface area (Å²) in [6.45, 7) is -0.652. The number of thiophene rings is 2. The van der Waals surface area contributed by atoms with Crippen molar-refractivity contribution in [2.75, 3.05) is 13.2 Å². The van der Waals surface area contributed by atoms with Crippen LogP contribution in [0.5, 0.6) is 0 Å². The van der Waals surface area contributed by atoms with Crippen LogP contribution in [0, 0.1) is 0 Å². The third kappa shape index (κ3) is 6.72. The van der Waals surface area contributed by atoms with Gasteiger partial charge in [0, 0.05) is 9.75 Å². The van der Waals surface area contributed by atoms with Crippen LogP contribution in [0.25, 0.3) is 0 Å². The molecule has 2 aromatic rings. The van der Waals surface area contributed by atoms with Gasteiger partial charge >= 0.3 is 6.18 Å². The summed E-state index contributed by atoms with van der Waals surface area (Å²) in [7, 11) is 0. The second-order valence-electron chi connectivity index (χ2n) is 4.83. The zero-order chi connectivity index (χ0) is 16.7. The smallest absolute Gasteiger partial charge is 0.372 e. The van der Waals surface area contributed by atoms with E-state index in [1.54, 1.807) is 27.6 Å². The molecule has 0 bridgehead atoms. The van der Waals surface area contributed by atoms with Crippen LogP contribution in [0.2, 0.25) is 0 Å². The van der Waals surface area contributed by atoms with Crippen LogP contribution in [0.1, 0.15) is 16.2 Å². The number of halogens is 3. The largest absolute Gasteiger partial charge is 0.411 e. The summed E-state index contributed by atoms with van der Waals surface area (Å²) in [6.07, 6.45) is -4.43. The molecular weight excluding hydrogens is 347 g/mol. The molecule has 126 valence electrons. The second kappa shape index (κ2) is 8.47. The lowest BCUT2D eigenvalue weighted by Gasteiger charge is -2.21. The molecule has 0 aromatic carbocycles. The molecule has 1 amide bonds. The first-order chi connectivity index (χ1) is 10.9. The maximum absolute atomic E-state index is 12.3. The lowest BCUT2D eigenvalue weighted by molar-refractivity contribution is -0.175. The first-order valence-electron chi connectivity index (χ1n) is 6.91. The minimum absolute atomic E-state index is 0.0627. The van der Waals surface area contributed by atoms with Crippen LogP contribution in [0.3, 0.4) is 0 Å². The monoisotopic (exact) mass is 363 g/mol. The molecular formula is C15H16F3NO2S2. The lowest BCUT2D eigenvalue weighted by atomic mass is 10.3. The number of hydrogen-bond donors (Lipinski definition) is 0. The van der Waals surface area contributed by atoms with Crippen molar-refractivity contribution in [1.29, 1.82) is 0 Å². The van der Waals surface area contributed by atoms with Gasteiger partial charge in [-0.3, -0.25) is 4.79 Å². The van der Waals surface area contributed by atoms with Crippen LogP contribution < -0.4 is 0 Å². The van der Waals surface area contributed by atoms with Crippen LogP contribution in [-0.2, 0) is 22.6 Å². The van der Waals surface area contributed by atoms with E-state index < -0.39 is 12.8 Å². The Morgan fingerprint density at radius 2 is 1.65 bits per heavy atom. The summed E-state index contributed by atoms with van der Waals surface area (Å²) in [5.41, 5.74) is 0. The van der Waals surface area contributed by atoms with Crippen molar-refractivity contribution in [3.63, 3.8) is 0 Å². The number of nitrogens with zero attached hydrogens (tertiary/aromatic N) is 1. The highest BCUT2D eigenvalue weighted by Crippen LogP contribution is 2.18. The number of hydrogen-bond acceptors (Lipinski definition) is 4. The fourth-order valence-corrected chi connectivity index (χ4v) is 3.36. The maximum atomic E-state index is 12.3. The maximum Gasteiger partial charge on any atom is 0.411 e. The molecule has 0 N–H and O–H groups in total. The zero-order valence-corrected chi connectivity index (χ0v) is 13.8. The topological polar surface area (TPSA) is 29.5 Å². The molecule has 0 saturated carbocycles. The normalized spacial score (nSPS) is 11.6. The van der Waals surface area contributed by atoms with Crippen molar-refractivity contribution < 1.29 is 22.7 Å². The lowest BCUT2D eigenvalue weighted by Crippen LogP contribution is -2.30. The summed E-state index contributed by atoms with van der Waals surface area (Å²) in [5.74, 6) is -0.214. The summed E-state index contributed by atoms with van der Waals surface area (Å²) in [4.78, 5) is 16.0. The van der Waals surface area contributed by atoms with E-state index in [2.05, 4.69) is 4.74 Å². The standard InChI is InChI=1S/C15H16F3NO2S2/c16-15(17,18)11-21-6-5-14(20)19(9-12-3-1-7-22-12)10-13-4-2-8-23-13/h1-4,7-8H,5-6,9-11H2. The van der Waals surface area contributed by atoms with Gasteiger partial charge in [-0.1, -0.05) is 12.1 Å². The number of carbonyl (C=O) groups is 1.